The summed E-state index contributed by atoms with van der Waals surface area (Å²) >= 11 is 0. The van der Waals surface area contributed by atoms with Crippen molar-refractivity contribution in [2.24, 2.45) is 34.5 Å². The van der Waals surface area contributed by atoms with E-state index < -0.39 is 0 Å². The Balaban J connectivity index is 1.45. The predicted octanol–water partition coefficient (Wildman–Crippen LogP) is 3.50. The minimum Gasteiger partial charge on any atom is -0.356 e. The highest BCUT2D eigenvalue weighted by Gasteiger charge is 2.58. The molecular weight excluding hydrogens is 324 g/mol. The number of aromatic nitrogens is 3. The molecule has 4 aliphatic rings. The Morgan fingerprint density at radius 2 is 2.08 bits per heavy atom. The fourth-order valence-corrected chi connectivity index (χ4v) is 7.26. The Morgan fingerprint density at radius 3 is 2.88 bits per heavy atom. The number of rotatable bonds is 1. The van der Waals surface area contributed by atoms with E-state index in [4.69, 9.17) is 0 Å². The first-order valence-electron chi connectivity index (χ1n) is 10.4. The van der Waals surface area contributed by atoms with Crippen LogP contribution in [0.1, 0.15) is 58.8 Å². The molecule has 1 N–H and O–H groups in total. The van der Waals surface area contributed by atoms with Crippen molar-refractivity contribution in [3.8, 4) is 0 Å². The average molecular weight is 354 g/mol. The molecule has 0 aromatic carbocycles. The molecule has 26 heavy (non-hydrogen) atoms. The van der Waals surface area contributed by atoms with E-state index in [2.05, 4.69) is 35.6 Å². The first kappa shape index (κ1) is 16.5. The van der Waals surface area contributed by atoms with Crippen molar-refractivity contribution in [2.45, 2.75) is 58.8 Å². The van der Waals surface area contributed by atoms with Gasteiger partial charge in [0.1, 0.15) is 0 Å². The minimum atomic E-state index is 0.219. The molecule has 0 spiro atoms. The van der Waals surface area contributed by atoms with Crippen molar-refractivity contribution in [1.82, 2.24) is 20.3 Å². The van der Waals surface area contributed by atoms with Crippen LogP contribution in [-0.4, -0.2) is 27.4 Å². The molecule has 3 aliphatic carbocycles. The second-order valence-electron chi connectivity index (χ2n) is 9.59. The van der Waals surface area contributed by atoms with Gasteiger partial charge in [0.05, 0.1) is 12.4 Å². The van der Waals surface area contributed by atoms with Gasteiger partial charge in [-0.05, 0) is 67.6 Å². The van der Waals surface area contributed by atoms with Crippen molar-refractivity contribution >= 4 is 11.6 Å². The number of fused-ring (bicyclic) bond motifs is 5. The summed E-state index contributed by atoms with van der Waals surface area (Å²) < 4.78 is 2.00. The largest absolute Gasteiger partial charge is 0.356 e. The minimum absolute atomic E-state index is 0.219. The second kappa shape index (κ2) is 5.67. The fraction of sp³-hybridized carbons (Fsp3) is 0.762. The zero-order valence-corrected chi connectivity index (χ0v) is 15.9. The third-order valence-corrected chi connectivity index (χ3v) is 8.69. The number of hydrogen-bond acceptors (Lipinski definition) is 3. The van der Waals surface area contributed by atoms with Crippen LogP contribution >= 0.6 is 0 Å². The maximum Gasteiger partial charge on any atom is 0.220 e. The van der Waals surface area contributed by atoms with Gasteiger partial charge < -0.3 is 5.32 Å². The Morgan fingerprint density at radius 1 is 1.19 bits per heavy atom. The quantitative estimate of drug-likeness (QED) is 0.840. The Bertz CT molecular complexity index is 741. The van der Waals surface area contributed by atoms with Gasteiger partial charge in [-0.2, -0.15) is 0 Å². The van der Waals surface area contributed by atoms with E-state index in [1.807, 2.05) is 10.9 Å². The van der Waals surface area contributed by atoms with Crippen LogP contribution in [-0.2, 0) is 4.79 Å². The van der Waals surface area contributed by atoms with Gasteiger partial charge in [0.2, 0.25) is 5.91 Å². The maximum absolute atomic E-state index is 12.1. The summed E-state index contributed by atoms with van der Waals surface area (Å²) in [5.41, 5.74) is 1.90. The van der Waals surface area contributed by atoms with E-state index in [1.54, 1.807) is 6.20 Å². The van der Waals surface area contributed by atoms with Crippen LogP contribution in [0, 0.1) is 34.5 Å². The highest BCUT2D eigenvalue weighted by Crippen LogP contribution is 2.65. The highest BCUT2D eigenvalue weighted by atomic mass is 16.1. The average Bonchev–Trinajstić information content (AvgIpc) is 3.20. The molecule has 1 amide bonds. The van der Waals surface area contributed by atoms with Gasteiger partial charge >= 0.3 is 0 Å². The predicted molar refractivity (Wildman–Crippen MR) is 99.8 cm³/mol. The standard InChI is InChI=1S/C21H30N4O/c1-20-9-10-22-19(26)13-14(20)3-4-15-16-5-6-18(25-12-11-23-24-25)21(16,2)8-7-17(15)20/h6,11-12,14-17H,3-5,7-10,13H2,1-2H3,(H,22,26). The highest BCUT2D eigenvalue weighted by molar-refractivity contribution is 5.76. The maximum atomic E-state index is 12.1. The van der Waals surface area contributed by atoms with Crippen LogP contribution in [0.15, 0.2) is 18.5 Å². The van der Waals surface area contributed by atoms with Gasteiger partial charge in [-0.1, -0.05) is 25.1 Å². The molecule has 1 saturated heterocycles. The summed E-state index contributed by atoms with van der Waals surface area (Å²) in [4.78, 5) is 12.1. The van der Waals surface area contributed by atoms with Crippen LogP contribution in [0.25, 0.3) is 5.70 Å². The van der Waals surface area contributed by atoms with E-state index >= 15 is 0 Å². The normalized spacial score (nSPS) is 45.0. The molecule has 140 valence electrons. The van der Waals surface area contributed by atoms with E-state index in [-0.39, 0.29) is 11.3 Å². The van der Waals surface area contributed by atoms with Crippen molar-refractivity contribution in [2.75, 3.05) is 6.54 Å². The number of carbonyl (C=O) groups is 1. The molecule has 5 rings (SSSR count). The summed E-state index contributed by atoms with van der Waals surface area (Å²) in [5, 5.41) is 11.5. The zero-order valence-electron chi connectivity index (χ0n) is 15.9. The molecule has 1 aliphatic heterocycles. The van der Waals surface area contributed by atoms with Crippen LogP contribution < -0.4 is 5.32 Å². The lowest BCUT2D eigenvalue weighted by molar-refractivity contribution is -0.124. The Hall–Kier alpha value is -1.65. The number of allylic oxidation sites excluding steroid dienone is 2. The molecule has 1 aromatic rings. The third kappa shape index (κ3) is 2.18. The molecular formula is C21H30N4O. The summed E-state index contributed by atoms with van der Waals surface area (Å²) in [6, 6.07) is 0. The van der Waals surface area contributed by atoms with Crippen molar-refractivity contribution < 1.29 is 4.79 Å². The lowest BCUT2D eigenvalue weighted by atomic mass is 9.46. The number of nitrogens with zero attached hydrogens (tertiary/aromatic N) is 3. The second-order valence-corrected chi connectivity index (χ2v) is 9.59. The van der Waals surface area contributed by atoms with Crippen molar-refractivity contribution in [3.05, 3.63) is 18.5 Å². The molecule has 1 aromatic heterocycles. The molecule has 2 saturated carbocycles. The molecule has 5 heteroatoms. The van der Waals surface area contributed by atoms with Gasteiger partial charge in [-0.3, -0.25) is 4.79 Å². The van der Waals surface area contributed by atoms with Crippen LogP contribution in [0.4, 0.5) is 0 Å². The topological polar surface area (TPSA) is 59.8 Å². The van der Waals surface area contributed by atoms with Gasteiger partial charge in [0, 0.05) is 24.1 Å². The van der Waals surface area contributed by atoms with Gasteiger partial charge in [0.25, 0.3) is 0 Å². The first-order chi connectivity index (χ1) is 12.5. The SMILES string of the molecule is CC12CCC3C(CCC4CC(=O)NCCC43C)C1CC=C2n1ccnn1. The summed E-state index contributed by atoms with van der Waals surface area (Å²) in [7, 11) is 0. The monoisotopic (exact) mass is 354 g/mol. The van der Waals surface area contributed by atoms with Gasteiger partial charge in [0.15, 0.2) is 0 Å². The molecule has 6 unspecified atom stereocenters. The van der Waals surface area contributed by atoms with Crippen molar-refractivity contribution in [3.63, 3.8) is 0 Å². The first-order valence-corrected chi connectivity index (χ1v) is 10.4. The van der Waals surface area contributed by atoms with E-state index in [0.29, 0.717) is 17.3 Å². The lowest BCUT2D eigenvalue weighted by Gasteiger charge is -2.58. The molecule has 3 fully saturated rings. The number of carbonyl (C=O) groups excluding carboxylic acids is 1. The molecule has 6 atom stereocenters. The van der Waals surface area contributed by atoms with E-state index in [0.717, 1.165) is 31.2 Å². The van der Waals surface area contributed by atoms with Crippen LogP contribution in [0.2, 0.25) is 0 Å². The molecule has 0 radical (unpaired) electrons. The van der Waals surface area contributed by atoms with E-state index in [1.165, 1.54) is 37.8 Å². The number of nitrogens with one attached hydrogen (secondary N) is 1. The number of hydrogen-bond donors (Lipinski definition) is 1. The lowest BCUT2D eigenvalue weighted by Crippen LogP contribution is -2.51. The number of amides is 1. The zero-order chi connectivity index (χ0) is 17.9. The summed E-state index contributed by atoms with van der Waals surface area (Å²) in [6.07, 6.45) is 14.3. The summed E-state index contributed by atoms with van der Waals surface area (Å²) in [6.45, 7) is 5.82. The smallest absolute Gasteiger partial charge is 0.220 e. The van der Waals surface area contributed by atoms with E-state index in [9.17, 15) is 4.79 Å². The summed E-state index contributed by atoms with van der Waals surface area (Å²) in [5.74, 6) is 3.09. The Kier molecular flexibility index (Phi) is 3.60. The van der Waals surface area contributed by atoms with Gasteiger partial charge in [-0.15, -0.1) is 5.10 Å². The van der Waals surface area contributed by atoms with Crippen LogP contribution in [0.3, 0.4) is 0 Å². The van der Waals surface area contributed by atoms with Gasteiger partial charge in [-0.25, -0.2) is 4.68 Å². The molecule has 5 nitrogen and oxygen atoms in total. The van der Waals surface area contributed by atoms with Crippen LogP contribution in [0.5, 0.6) is 0 Å². The Labute approximate surface area is 155 Å². The fourth-order valence-electron chi connectivity index (χ4n) is 7.26. The van der Waals surface area contributed by atoms with Crippen molar-refractivity contribution in [1.29, 1.82) is 0 Å². The molecule has 2 heterocycles. The third-order valence-electron chi connectivity index (χ3n) is 8.69. The molecule has 0 bridgehead atoms.